The van der Waals surface area contributed by atoms with E-state index in [9.17, 15) is 13.2 Å². The highest BCUT2D eigenvalue weighted by molar-refractivity contribution is 7.92. The van der Waals surface area contributed by atoms with Gasteiger partial charge in [0, 0.05) is 5.71 Å². The van der Waals surface area contributed by atoms with Gasteiger partial charge < -0.3 is 0 Å². The molecule has 0 heterocycles. The van der Waals surface area contributed by atoms with Gasteiger partial charge in [0.05, 0.1) is 10.6 Å². The first kappa shape index (κ1) is 23.0. The van der Waals surface area contributed by atoms with Crippen molar-refractivity contribution in [2.45, 2.75) is 57.8 Å². The molecule has 1 amide bonds. The van der Waals surface area contributed by atoms with Crippen LogP contribution in [0, 0.1) is 19.8 Å². The number of anilines is 1. The fourth-order valence-electron chi connectivity index (χ4n) is 3.75. The highest BCUT2D eigenvalue weighted by atomic mass is 32.2. The third-order valence-electron chi connectivity index (χ3n) is 6.00. The molecule has 6 nitrogen and oxygen atoms in total. The van der Waals surface area contributed by atoms with Gasteiger partial charge in [0.1, 0.15) is 6.54 Å². The molecular weight excluding hydrogens is 410 g/mol. The zero-order chi connectivity index (χ0) is 22.4. The minimum atomic E-state index is -3.91. The molecule has 0 radical (unpaired) electrons. The van der Waals surface area contributed by atoms with Crippen molar-refractivity contribution < 1.29 is 13.2 Å². The molecule has 0 bridgehead atoms. The first-order valence-electron chi connectivity index (χ1n) is 10.8. The van der Waals surface area contributed by atoms with Crippen molar-refractivity contribution >= 4 is 27.3 Å². The Bertz CT molecular complexity index is 1040. The second-order valence-electron chi connectivity index (χ2n) is 8.16. The van der Waals surface area contributed by atoms with Crippen molar-refractivity contribution in [3.63, 3.8) is 0 Å². The number of rotatable bonds is 7. The average molecular weight is 442 g/mol. The Labute approximate surface area is 185 Å². The standard InChI is InChI=1S/C24H31N3O3S/c1-4-20-11-13-21(14-12-20)25-26-24(28)17-27(22-15-10-18(2)19(3)16-22)31(29,30)23-8-6-5-7-9-23/h5-10,15-16,20H,4,11-14,17H2,1-3H3,(H,26,28). The van der Waals surface area contributed by atoms with Crippen molar-refractivity contribution in [1.29, 1.82) is 0 Å². The average Bonchev–Trinajstić information content (AvgIpc) is 2.79. The van der Waals surface area contributed by atoms with E-state index in [-0.39, 0.29) is 11.4 Å². The number of nitrogens with one attached hydrogen (secondary N) is 1. The molecule has 0 aliphatic heterocycles. The van der Waals surface area contributed by atoms with E-state index in [2.05, 4.69) is 17.5 Å². The zero-order valence-electron chi connectivity index (χ0n) is 18.5. The van der Waals surface area contributed by atoms with Gasteiger partial charge in [-0.05, 0) is 80.8 Å². The smallest absolute Gasteiger partial charge is 0.264 e. The fraction of sp³-hybridized carbons (Fsp3) is 0.417. The Balaban J connectivity index is 1.82. The van der Waals surface area contributed by atoms with Gasteiger partial charge in [-0.2, -0.15) is 5.10 Å². The number of carbonyl (C=O) groups excluding carboxylic acids is 1. The highest BCUT2D eigenvalue weighted by Crippen LogP contribution is 2.26. The molecular formula is C24H31N3O3S. The summed E-state index contributed by atoms with van der Waals surface area (Å²) in [6.45, 7) is 5.74. The summed E-state index contributed by atoms with van der Waals surface area (Å²) in [5, 5.41) is 4.28. The minimum Gasteiger partial charge on any atom is -0.271 e. The van der Waals surface area contributed by atoms with Crippen LogP contribution in [0.3, 0.4) is 0 Å². The van der Waals surface area contributed by atoms with E-state index in [4.69, 9.17) is 0 Å². The van der Waals surface area contributed by atoms with E-state index in [1.807, 2.05) is 19.9 Å². The van der Waals surface area contributed by atoms with E-state index in [1.165, 1.54) is 18.6 Å². The number of hydrogen-bond acceptors (Lipinski definition) is 4. The lowest BCUT2D eigenvalue weighted by atomic mass is 9.86. The number of hydrazone groups is 1. The monoisotopic (exact) mass is 441 g/mol. The first-order valence-corrected chi connectivity index (χ1v) is 12.2. The molecule has 1 N–H and O–H groups in total. The summed E-state index contributed by atoms with van der Waals surface area (Å²) in [6, 6.07) is 13.6. The van der Waals surface area contributed by atoms with Gasteiger partial charge in [-0.1, -0.05) is 37.6 Å². The van der Waals surface area contributed by atoms with Gasteiger partial charge in [-0.15, -0.1) is 0 Å². The van der Waals surface area contributed by atoms with Crippen LogP contribution in [0.25, 0.3) is 0 Å². The van der Waals surface area contributed by atoms with Gasteiger partial charge in [-0.25, -0.2) is 13.8 Å². The summed E-state index contributed by atoms with van der Waals surface area (Å²) in [5.41, 5.74) is 6.02. The van der Waals surface area contributed by atoms with Crippen molar-refractivity contribution in [3.8, 4) is 0 Å². The third-order valence-corrected chi connectivity index (χ3v) is 7.78. The Kier molecular flexibility index (Phi) is 7.49. The van der Waals surface area contributed by atoms with E-state index >= 15 is 0 Å². The maximum absolute atomic E-state index is 13.3. The molecule has 2 aromatic rings. The normalized spacial score (nSPS) is 16.6. The first-order chi connectivity index (χ1) is 14.8. The maximum atomic E-state index is 13.3. The SMILES string of the molecule is CCC1CCC(=NNC(=O)CN(c2ccc(C)c(C)c2)S(=O)(=O)c2ccccc2)CC1. The predicted octanol–water partition coefficient (Wildman–Crippen LogP) is 4.57. The number of benzene rings is 2. The molecule has 0 unspecified atom stereocenters. The summed E-state index contributed by atoms with van der Waals surface area (Å²) in [7, 11) is -3.91. The second-order valence-corrected chi connectivity index (χ2v) is 10.0. The number of hydrogen-bond donors (Lipinski definition) is 1. The van der Waals surface area contributed by atoms with Gasteiger partial charge in [0.15, 0.2) is 0 Å². The zero-order valence-corrected chi connectivity index (χ0v) is 19.3. The van der Waals surface area contributed by atoms with Crippen molar-refractivity contribution in [2.24, 2.45) is 11.0 Å². The highest BCUT2D eigenvalue weighted by Gasteiger charge is 2.27. The number of carbonyl (C=O) groups is 1. The second kappa shape index (κ2) is 10.1. The number of nitrogens with zero attached hydrogens (tertiary/aromatic N) is 2. The van der Waals surface area contributed by atoms with Crippen LogP contribution in [0.1, 0.15) is 50.2 Å². The molecule has 0 spiro atoms. The lowest BCUT2D eigenvalue weighted by Gasteiger charge is -2.25. The minimum absolute atomic E-state index is 0.144. The largest absolute Gasteiger partial charge is 0.271 e. The van der Waals surface area contributed by atoms with Gasteiger partial charge >= 0.3 is 0 Å². The molecule has 0 aromatic heterocycles. The number of amides is 1. The molecule has 1 fully saturated rings. The van der Waals surface area contributed by atoms with E-state index in [0.29, 0.717) is 5.69 Å². The van der Waals surface area contributed by atoms with Crippen molar-refractivity contribution in [3.05, 3.63) is 59.7 Å². The predicted molar refractivity (Wildman–Crippen MR) is 125 cm³/mol. The molecule has 7 heteroatoms. The van der Waals surface area contributed by atoms with Crippen LogP contribution in [0.15, 0.2) is 58.5 Å². The fourth-order valence-corrected chi connectivity index (χ4v) is 5.19. The summed E-state index contributed by atoms with van der Waals surface area (Å²) in [5.74, 6) is 0.272. The van der Waals surface area contributed by atoms with Gasteiger partial charge in [0.2, 0.25) is 0 Å². The summed E-state index contributed by atoms with van der Waals surface area (Å²) in [6.07, 6.45) is 5.09. The Morgan fingerprint density at radius 2 is 1.74 bits per heavy atom. The molecule has 166 valence electrons. The van der Waals surface area contributed by atoms with Crippen LogP contribution < -0.4 is 9.73 Å². The van der Waals surface area contributed by atoms with Crippen molar-refractivity contribution in [1.82, 2.24) is 5.43 Å². The lowest BCUT2D eigenvalue weighted by Crippen LogP contribution is -2.40. The quantitative estimate of drug-likeness (QED) is 0.639. The number of aryl methyl sites for hydroxylation is 2. The van der Waals surface area contributed by atoms with Crippen LogP contribution in [-0.2, 0) is 14.8 Å². The third kappa shape index (κ3) is 5.73. The summed E-state index contributed by atoms with van der Waals surface area (Å²) < 4.78 is 27.9. The number of sulfonamides is 1. The summed E-state index contributed by atoms with van der Waals surface area (Å²) in [4.78, 5) is 12.8. The molecule has 2 aromatic carbocycles. The Morgan fingerprint density at radius 3 is 2.35 bits per heavy atom. The molecule has 0 saturated heterocycles. The molecule has 1 aliphatic carbocycles. The van der Waals surface area contributed by atoms with E-state index < -0.39 is 15.9 Å². The van der Waals surface area contributed by atoms with Gasteiger partial charge in [-0.3, -0.25) is 9.10 Å². The summed E-state index contributed by atoms with van der Waals surface area (Å²) >= 11 is 0. The molecule has 3 rings (SSSR count). The van der Waals surface area contributed by atoms with E-state index in [0.717, 1.165) is 52.7 Å². The maximum Gasteiger partial charge on any atom is 0.264 e. The molecule has 31 heavy (non-hydrogen) atoms. The van der Waals surface area contributed by atoms with Crippen LogP contribution in [-0.4, -0.2) is 26.6 Å². The van der Waals surface area contributed by atoms with E-state index in [1.54, 1.807) is 30.3 Å². The topological polar surface area (TPSA) is 78.8 Å². The van der Waals surface area contributed by atoms with Crippen LogP contribution in [0.5, 0.6) is 0 Å². The Morgan fingerprint density at radius 1 is 1.06 bits per heavy atom. The Hall–Kier alpha value is -2.67. The van der Waals surface area contributed by atoms with Crippen LogP contribution in [0.4, 0.5) is 5.69 Å². The van der Waals surface area contributed by atoms with Gasteiger partial charge in [0.25, 0.3) is 15.9 Å². The molecule has 1 saturated carbocycles. The van der Waals surface area contributed by atoms with Crippen LogP contribution in [0.2, 0.25) is 0 Å². The lowest BCUT2D eigenvalue weighted by molar-refractivity contribution is -0.119. The molecule has 0 atom stereocenters. The molecule has 1 aliphatic rings. The van der Waals surface area contributed by atoms with Crippen LogP contribution >= 0.6 is 0 Å². The van der Waals surface area contributed by atoms with Crippen molar-refractivity contribution in [2.75, 3.05) is 10.8 Å².